The van der Waals surface area contributed by atoms with Crippen molar-refractivity contribution in [3.8, 4) is 0 Å². The van der Waals surface area contributed by atoms with Gasteiger partial charge in [-0.15, -0.1) is 5.10 Å². The third-order valence-corrected chi connectivity index (χ3v) is 2.95. The van der Waals surface area contributed by atoms with Crippen LogP contribution in [0, 0.1) is 19.8 Å². The molecule has 0 saturated carbocycles. The van der Waals surface area contributed by atoms with Crippen molar-refractivity contribution < 1.29 is 4.74 Å². The maximum atomic E-state index is 5.32. The summed E-state index contributed by atoms with van der Waals surface area (Å²) in [5, 5.41) is 11.2. The van der Waals surface area contributed by atoms with Crippen LogP contribution in [0.5, 0.6) is 0 Å². The molecule has 0 radical (unpaired) electrons. The monoisotopic (exact) mass is 222 g/mol. The molecule has 1 aliphatic heterocycles. The highest BCUT2D eigenvalue weighted by molar-refractivity contribution is 5.24. The lowest BCUT2D eigenvalue weighted by Crippen LogP contribution is -2.12. The van der Waals surface area contributed by atoms with Crippen LogP contribution in [0.3, 0.4) is 0 Å². The third kappa shape index (κ3) is 2.88. The number of aromatic nitrogens is 3. The van der Waals surface area contributed by atoms with Crippen molar-refractivity contribution in [1.82, 2.24) is 15.2 Å². The molecule has 1 fully saturated rings. The van der Waals surface area contributed by atoms with Gasteiger partial charge in [-0.05, 0) is 32.6 Å². The molecule has 5 heteroatoms. The molecule has 1 aliphatic rings. The van der Waals surface area contributed by atoms with E-state index >= 15 is 0 Å². The summed E-state index contributed by atoms with van der Waals surface area (Å²) in [5.74, 6) is 1.31. The van der Waals surface area contributed by atoms with E-state index in [-0.39, 0.29) is 0 Å². The first kappa shape index (κ1) is 11.3. The van der Waals surface area contributed by atoms with Gasteiger partial charge in [0, 0.05) is 19.8 Å². The average Bonchev–Trinajstić information content (AvgIpc) is 2.76. The van der Waals surface area contributed by atoms with Gasteiger partial charge in [-0.25, -0.2) is 4.98 Å². The Morgan fingerprint density at radius 1 is 1.31 bits per heavy atom. The Hall–Kier alpha value is -1.23. The molecule has 16 heavy (non-hydrogen) atoms. The van der Waals surface area contributed by atoms with Crippen molar-refractivity contribution in [3.63, 3.8) is 0 Å². The Bertz CT molecular complexity index is 350. The topological polar surface area (TPSA) is 59.9 Å². The van der Waals surface area contributed by atoms with Gasteiger partial charge < -0.3 is 10.1 Å². The van der Waals surface area contributed by atoms with E-state index in [2.05, 4.69) is 20.5 Å². The molecule has 1 aromatic rings. The lowest BCUT2D eigenvalue weighted by molar-refractivity contribution is 0.185. The van der Waals surface area contributed by atoms with Gasteiger partial charge in [0.1, 0.15) is 0 Å². The molecule has 5 nitrogen and oxygen atoms in total. The normalized spacial score (nSPS) is 20.0. The zero-order valence-corrected chi connectivity index (χ0v) is 9.86. The van der Waals surface area contributed by atoms with Crippen LogP contribution in [-0.4, -0.2) is 34.9 Å². The molecule has 0 spiro atoms. The van der Waals surface area contributed by atoms with Gasteiger partial charge in [0.15, 0.2) is 0 Å². The fourth-order valence-corrected chi connectivity index (χ4v) is 1.73. The van der Waals surface area contributed by atoms with E-state index < -0.39 is 0 Å². The summed E-state index contributed by atoms with van der Waals surface area (Å²) in [7, 11) is 0. The number of aryl methyl sites for hydroxylation is 2. The smallest absolute Gasteiger partial charge is 0.242 e. The van der Waals surface area contributed by atoms with E-state index in [1.807, 2.05) is 13.8 Å². The van der Waals surface area contributed by atoms with Crippen LogP contribution < -0.4 is 5.32 Å². The van der Waals surface area contributed by atoms with Crippen LogP contribution >= 0.6 is 0 Å². The predicted octanol–water partition coefficient (Wildman–Crippen LogP) is 1.33. The number of hydrogen-bond donors (Lipinski definition) is 1. The molecule has 0 amide bonds. The molecule has 1 atom stereocenters. The molecule has 0 aliphatic carbocycles. The van der Waals surface area contributed by atoms with E-state index in [9.17, 15) is 0 Å². The van der Waals surface area contributed by atoms with Crippen molar-refractivity contribution in [2.75, 3.05) is 25.1 Å². The lowest BCUT2D eigenvalue weighted by Gasteiger charge is -2.08. The molecule has 1 N–H and O–H groups in total. The second-order valence-electron chi connectivity index (χ2n) is 4.25. The Morgan fingerprint density at radius 3 is 2.88 bits per heavy atom. The van der Waals surface area contributed by atoms with Gasteiger partial charge in [0.2, 0.25) is 5.95 Å². The van der Waals surface area contributed by atoms with Crippen LogP contribution in [0.1, 0.15) is 24.2 Å². The van der Waals surface area contributed by atoms with Crippen LogP contribution in [0.2, 0.25) is 0 Å². The second-order valence-corrected chi connectivity index (χ2v) is 4.25. The molecule has 0 aromatic carbocycles. The van der Waals surface area contributed by atoms with Crippen molar-refractivity contribution in [3.05, 3.63) is 11.4 Å². The zero-order valence-electron chi connectivity index (χ0n) is 9.86. The maximum Gasteiger partial charge on any atom is 0.242 e. The van der Waals surface area contributed by atoms with E-state index in [4.69, 9.17) is 4.74 Å². The molecule has 1 saturated heterocycles. The van der Waals surface area contributed by atoms with Crippen molar-refractivity contribution in [2.45, 2.75) is 26.7 Å². The standard InChI is InChI=1S/C11H18N4O/c1-8-9(2)14-15-11(13-8)12-5-3-10-4-6-16-7-10/h10H,3-7H2,1-2H3,(H,12,13,15). The Morgan fingerprint density at radius 2 is 2.19 bits per heavy atom. The maximum absolute atomic E-state index is 5.32. The van der Waals surface area contributed by atoms with Crippen LogP contribution in [0.4, 0.5) is 5.95 Å². The third-order valence-electron chi connectivity index (χ3n) is 2.95. The molecule has 88 valence electrons. The van der Waals surface area contributed by atoms with Crippen LogP contribution in [-0.2, 0) is 4.74 Å². The van der Waals surface area contributed by atoms with E-state index in [0.29, 0.717) is 11.9 Å². The van der Waals surface area contributed by atoms with E-state index in [0.717, 1.165) is 37.6 Å². The highest BCUT2D eigenvalue weighted by Gasteiger charge is 2.14. The largest absolute Gasteiger partial charge is 0.381 e. The quantitative estimate of drug-likeness (QED) is 0.832. The fraction of sp³-hybridized carbons (Fsp3) is 0.727. The Labute approximate surface area is 95.6 Å². The first-order chi connectivity index (χ1) is 7.75. The number of anilines is 1. The highest BCUT2D eigenvalue weighted by Crippen LogP contribution is 2.15. The molecule has 0 bridgehead atoms. The molecule has 2 heterocycles. The summed E-state index contributed by atoms with van der Waals surface area (Å²) in [6.45, 7) is 6.55. The van der Waals surface area contributed by atoms with Gasteiger partial charge in [-0.3, -0.25) is 0 Å². The molecule has 2 rings (SSSR count). The van der Waals surface area contributed by atoms with Crippen molar-refractivity contribution in [2.24, 2.45) is 5.92 Å². The average molecular weight is 222 g/mol. The van der Waals surface area contributed by atoms with E-state index in [1.165, 1.54) is 6.42 Å². The van der Waals surface area contributed by atoms with Gasteiger partial charge in [-0.2, -0.15) is 5.10 Å². The number of ether oxygens (including phenoxy) is 1. The zero-order chi connectivity index (χ0) is 11.4. The summed E-state index contributed by atoms with van der Waals surface area (Å²) in [5.41, 5.74) is 1.82. The number of nitrogens with one attached hydrogen (secondary N) is 1. The SMILES string of the molecule is Cc1nnc(NCCC2CCOC2)nc1C. The molecular formula is C11H18N4O. The van der Waals surface area contributed by atoms with Gasteiger partial charge in [-0.1, -0.05) is 0 Å². The van der Waals surface area contributed by atoms with E-state index in [1.54, 1.807) is 0 Å². The minimum atomic E-state index is 0.627. The molecular weight excluding hydrogens is 204 g/mol. The van der Waals surface area contributed by atoms with Gasteiger partial charge in [0.05, 0.1) is 11.4 Å². The summed E-state index contributed by atoms with van der Waals surface area (Å²) in [6, 6.07) is 0. The number of hydrogen-bond acceptors (Lipinski definition) is 5. The van der Waals surface area contributed by atoms with Crippen LogP contribution in [0.15, 0.2) is 0 Å². The Balaban J connectivity index is 1.78. The van der Waals surface area contributed by atoms with Crippen molar-refractivity contribution in [1.29, 1.82) is 0 Å². The first-order valence-electron chi connectivity index (χ1n) is 5.75. The summed E-state index contributed by atoms with van der Waals surface area (Å²) < 4.78 is 5.32. The minimum absolute atomic E-state index is 0.627. The summed E-state index contributed by atoms with van der Waals surface area (Å²) in [4.78, 5) is 4.32. The minimum Gasteiger partial charge on any atom is -0.381 e. The summed E-state index contributed by atoms with van der Waals surface area (Å²) in [6.07, 6.45) is 2.28. The summed E-state index contributed by atoms with van der Waals surface area (Å²) >= 11 is 0. The lowest BCUT2D eigenvalue weighted by atomic mass is 10.1. The fourth-order valence-electron chi connectivity index (χ4n) is 1.73. The van der Waals surface area contributed by atoms with Crippen molar-refractivity contribution >= 4 is 5.95 Å². The molecule has 1 unspecified atom stereocenters. The second kappa shape index (κ2) is 5.21. The highest BCUT2D eigenvalue weighted by atomic mass is 16.5. The number of rotatable bonds is 4. The van der Waals surface area contributed by atoms with Gasteiger partial charge in [0.25, 0.3) is 0 Å². The predicted molar refractivity (Wildman–Crippen MR) is 61.3 cm³/mol. The van der Waals surface area contributed by atoms with Crippen LogP contribution in [0.25, 0.3) is 0 Å². The first-order valence-corrected chi connectivity index (χ1v) is 5.75. The van der Waals surface area contributed by atoms with Gasteiger partial charge >= 0.3 is 0 Å². The number of nitrogens with zero attached hydrogens (tertiary/aromatic N) is 3. The Kier molecular flexibility index (Phi) is 3.66. The molecule has 1 aromatic heterocycles.